The van der Waals surface area contributed by atoms with Gasteiger partial charge in [0, 0.05) is 26.2 Å². The zero-order valence-corrected chi connectivity index (χ0v) is 13.5. The van der Waals surface area contributed by atoms with Crippen LogP contribution in [0, 0.1) is 6.92 Å². The first-order valence-corrected chi connectivity index (χ1v) is 8.17. The Morgan fingerprint density at radius 1 is 1.25 bits per heavy atom. The Morgan fingerprint density at radius 3 is 2.40 bits per heavy atom. The molecule has 0 saturated heterocycles. The summed E-state index contributed by atoms with van der Waals surface area (Å²) < 4.78 is 27.1. The second kappa shape index (κ2) is 7.16. The van der Waals surface area contributed by atoms with Crippen molar-refractivity contribution in [3.63, 3.8) is 0 Å². The Morgan fingerprint density at radius 2 is 1.90 bits per heavy atom. The fourth-order valence-corrected chi connectivity index (χ4v) is 3.85. The van der Waals surface area contributed by atoms with Crippen molar-refractivity contribution in [3.05, 3.63) is 11.4 Å². The molecular weight excluding hydrogens is 278 g/mol. The van der Waals surface area contributed by atoms with Crippen LogP contribution in [0.3, 0.4) is 0 Å². The van der Waals surface area contributed by atoms with Gasteiger partial charge in [0.25, 0.3) is 0 Å². The lowest BCUT2D eigenvalue weighted by molar-refractivity contribution is 0.332. The number of nitrogens with one attached hydrogen (secondary N) is 1. The highest BCUT2D eigenvalue weighted by molar-refractivity contribution is 7.89. The highest BCUT2D eigenvalue weighted by Gasteiger charge is 2.29. The topological polar surface area (TPSA) is 95.3 Å². The first-order valence-electron chi connectivity index (χ1n) is 6.73. The van der Waals surface area contributed by atoms with E-state index < -0.39 is 10.0 Å². The molecule has 8 heteroatoms. The number of nitrogens with zero attached hydrogens (tertiary/aromatic N) is 3. The highest BCUT2D eigenvalue weighted by atomic mass is 32.2. The molecule has 3 N–H and O–H groups in total. The van der Waals surface area contributed by atoms with Crippen LogP contribution in [0.5, 0.6) is 0 Å². The standard InChI is InChI=1S/C12H25N5O2S/c1-5-6-17(8-7-16(3)4)20(18,19)12-10(2)14-15-11(12)9-13/h5-9,13H2,1-4H3,(H,14,15). The molecular formula is C12H25N5O2S. The van der Waals surface area contributed by atoms with Gasteiger partial charge in [-0.3, -0.25) is 5.10 Å². The first-order chi connectivity index (χ1) is 9.34. The fourth-order valence-electron chi connectivity index (χ4n) is 1.99. The molecule has 1 rings (SSSR count). The largest absolute Gasteiger partial charge is 0.325 e. The molecule has 1 heterocycles. The molecule has 0 aliphatic heterocycles. The predicted octanol–water partition coefficient (Wildman–Crippen LogP) is 0.139. The van der Waals surface area contributed by atoms with Gasteiger partial charge >= 0.3 is 0 Å². The van der Waals surface area contributed by atoms with Gasteiger partial charge in [-0.2, -0.15) is 9.40 Å². The summed E-state index contributed by atoms with van der Waals surface area (Å²) in [6, 6.07) is 0. The third kappa shape index (κ3) is 3.78. The summed E-state index contributed by atoms with van der Waals surface area (Å²) in [6.07, 6.45) is 0.765. The Bertz CT molecular complexity index is 524. The maximum Gasteiger partial charge on any atom is 0.246 e. The van der Waals surface area contributed by atoms with E-state index >= 15 is 0 Å². The van der Waals surface area contributed by atoms with Crippen molar-refractivity contribution in [3.8, 4) is 0 Å². The van der Waals surface area contributed by atoms with Crippen LogP contribution >= 0.6 is 0 Å². The first kappa shape index (κ1) is 17.1. The molecule has 0 radical (unpaired) electrons. The Labute approximate surface area is 121 Å². The minimum Gasteiger partial charge on any atom is -0.325 e. The summed E-state index contributed by atoms with van der Waals surface area (Å²) in [6.45, 7) is 5.39. The fraction of sp³-hybridized carbons (Fsp3) is 0.750. The van der Waals surface area contributed by atoms with Crippen molar-refractivity contribution < 1.29 is 8.42 Å². The van der Waals surface area contributed by atoms with E-state index in [1.165, 1.54) is 4.31 Å². The van der Waals surface area contributed by atoms with Crippen LogP contribution in [-0.2, 0) is 16.6 Å². The number of nitrogens with two attached hydrogens (primary N) is 1. The van der Waals surface area contributed by atoms with Gasteiger partial charge in [0.1, 0.15) is 4.90 Å². The molecule has 0 aliphatic carbocycles. The molecule has 0 amide bonds. The third-order valence-corrected chi connectivity index (χ3v) is 5.12. The van der Waals surface area contributed by atoms with E-state index in [1.54, 1.807) is 6.92 Å². The summed E-state index contributed by atoms with van der Waals surface area (Å²) >= 11 is 0. The molecule has 7 nitrogen and oxygen atoms in total. The summed E-state index contributed by atoms with van der Waals surface area (Å²) in [7, 11) is 0.288. The Hall–Kier alpha value is -0.960. The van der Waals surface area contributed by atoms with Crippen molar-refractivity contribution in [2.24, 2.45) is 5.73 Å². The van der Waals surface area contributed by atoms with Gasteiger partial charge in [0.05, 0.1) is 11.4 Å². The van der Waals surface area contributed by atoms with Crippen LogP contribution in [-0.4, -0.2) is 61.5 Å². The van der Waals surface area contributed by atoms with Crippen molar-refractivity contribution in [2.45, 2.75) is 31.7 Å². The number of sulfonamides is 1. The molecule has 0 fully saturated rings. The Balaban J connectivity index is 3.12. The van der Waals surface area contributed by atoms with Gasteiger partial charge in [0.2, 0.25) is 10.0 Å². The quantitative estimate of drug-likeness (QED) is 0.712. The van der Waals surface area contributed by atoms with Crippen molar-refractivity contribution in [2.75, 3.05) is 33.7 Å². The zero-order valence-electron chi connectivity index (χ0n) is 12.7. The summed E-state index contributed by atoms with van der Waals surface area (Å²) in [5.74, 6) is 0. The number of aromatic nitrogens is 2. The van der Waals surface area contributed by atoms with E-state index in [4.69, 9.17) is 5.73 Å². The molecule has 0 bridgehead atoms. The number of H-pyrrole nitrogens is 1. The molecule has 0 aromatic carbocycles. The summed E-state index contributed by atoms with van der Waals surface area (Å²) in [5.41, 5.74) is 6.52. The molecule has 116 valence electrons. The van der Waals surface area contributed by atoms with Gasteiger partial charge < -0.3 is 10.6 Å². The molecule has 0 unspecified atom stereocenters. The van der Waals surface area contributed by atoms with E-state index in [0.717, 1.165) is 6.42 Å². The minimum atomic E-state index is -3.56. The third-order valence-electron chi connectivity index (χ3n) is 3.02. The van der Waals surface area contributed by atoms with Crippen LogP contribution in [0.15, 0.2) is 4.90 Å². The van der Waals surface area contributed by atoms with Crippen LogP contribution < -0.4 is 5.73 Å². The highest BCUT2D eigenvalue weighted by Crippen LogP contribution is 2.22. The molecule has 0 atom stereocenters. The smallest absolute Gasteiger partial charge is 0.246 e. The SMILES string of the molecule is CCCN(CCN(C)C)S(=O)(=O)c1c(CN)n[nH]c1C. The van der Waals surface area contributed by atoms with Crippen molar-refractivity contribution in [1.29, 1.82) is 0 Å². The Kier molecular flexibility index (Phi) is 6.12. The molecule has 1 aromatic heterocycles. The number of hydrogen-bond donors (Lipinski definition) is 2. The van der Waals surface area contributed by atoms with Gasteiger partial charge in [-0.1, -0.05) is 6.92 Å². The van der Waals surface area contributed by atoms with E-state index in [9.17, 15) is 8.42 Å². The van der Waals surface area contributed by atoms with Crippen molar-refractivity contribution in [1.82, 2.24) is 19.4 Å². The molecule has 0 spiro atoms. The molecule has 0 saturated carbocycles. The minimum absolute atomic E-state index is 0.104. The molecule has 0 aliphatic rings. The van der Waals surface area contributed by atoms with E-state index in [2.05, 4.69) is 10.2 Å². The molecule has 1 aromatic rings. The lowest BCUT2D eigenvalue weighted by Gasteiger charge is -2.23. The van der Waals surface area contributed by atoms with Gasteiger partial charge in [-0.05, 0) is 27.4 Å². The zero-order chi connectivity index (χ0) is 15.3. The number of aromatic amines is 1. The predicted molar refractivity (Wildman–Crippen MR) is 78.8 cm³/mol. The van der Waals surface area contributed by atoms with Crippen LogP contribution in [0.1, 0.15) is 24.7 Å². The maximum atomic E-state index is 12.8. The van der Waals surface area contributed by atoms with Crippen LogP contribution in [0.2, 0.25) is 0 Å². The van der Waals surface area contributed by atoms with Gasteiger partial charge in [0.15, 0.2) is 0 Å². The van der Waals surface area contributed by atoms with E-state index in [-0.39, 0.29) is 11.4 Å². The summed E-state index contributed by atoms with van der Waals surface area (Å²) in [5, 5.41) is 6.68. The monoisotopic (exact) mass is 303 g/mol. The maximum absolute atomic E-state index is 12.8. The second-order valence-corrected chi connectivity index (χ2v) is 6.91. The lowest BCUT2D eigenvalue weighted by Crippen LogP contribution is -2.37. The van der Waals surface area contributed by atoms with Crippen molar-refractivity contribution >= 4 is 10.0 Å². The van der Waals surface area contributed by atoms with Gasteiger partial charge in [-0.25, -0.2) is 8.42 Å². The van der Waals surface area contributed by atoms with E-state index in [0.29, 0.717) is 31.0 Å². The van der Waals surface area contributed by atoms with E-state index in [1.807, 2.05) is 25.9 Å². The van der Waals surface area contributed by atoms with Crippen LogP contribution in [0.4, 0.5) is 0 Å². The second-order valence-electron chi connectivity index (χ2n) is 5.04. The normalized spacial score (nSPS) is 12.6. The van der Waals surface area contributed by atoms with Gasteiger partial charge in [-0.15, -0.1) is 0 Å². The number of aryl methyl sites for hydroxylation is 1. The number of hydrogen-bond acceptors (Lipinski definition) is 5. The average Bonchev–Trinajstić information content (AvgIpc) is 2.75. The lowest BCUT2D eigenvalue weighted by atomic mass is 10.4. The summed E-state index contributed by atoms with van der Waals surface area (Å²) in [4.78, 5) is 2.19. The van der Waals surface area contributed by atoms with Crippen LogP contribution in [0.25, 0.3) is 0 Å². The average molecular weight is 303 g/mol. The molecule has 20 heavy (non-hydrogen) atoms. The number of likely N-dealkylation sites (N-methyl/N-ethyl adjacent to an activating group) is 1. The number of rotatable bonds is 8.